The normalized spacial score (nSPS) is 11.8. The second kappa shape index (κ2) is 26.5. The van der Waals surface area contributed by atoms with Gasteiger partial charge >= 0.3 is 0 Å². The summed E-state index contributed by atoms with van der Waals surface area (Å²) >= 11 is 0. The zero-order valence-electron chi connectivity index (χ0n) is 61.0. The Kier molecular flexibility index (Phi) is 15.2. The lowest BCUT2D eigenvalue weighted by atomic mass is 9.86. The molecular weight excluding hydrogens is 1360 g/mol. The minimum atomic E-state index is 0.846. The van der Waals surface area contributed by atoms with Gasteiger partial charge < -0.3 is 18.6 Å². The lowest BCUT2D eigenvalue weighted by Gasteiger charge is -2.31. The highest BCUT2D eigenvalue weighted by atomic mass is 16.3. The molecule has 22 aromatic rings. The molecule has 0 spiro atoms. The van der Waals surface area contributed by atoms with Crippen molar-refractivity contribution in [1.29, 1.82) is 0 Å². The second-order valence-electron chi connectivity index (χ2n) is 29.3. The monoisotopic (exact) mass is 1420 g/mol. The van der Waals surface area contributed by atoms with E-state index in [-0.39, 0.29) is 0 Å². The number of fused-ring (bicyclic) bond motifs is 14. The van der Waals surface area contributed by atoms with Crippen molar-refractivity contribution in [2.45, 2.75) is 0 Å². The van der Waals surface area contributed by atoms with Crippen LogP contribution in [0, 0.1) is 0 Å². The van der Waals surface area contributed by atoms with E-state index in [0.717, 1.165) is 177 Å². The van der Waals surface area contributed by atoms with Crippen LogP contribution in [-0.4, -0.2) is 0 Å². The molecule has 4 heteroatoms. The maximum atomic E-state index is 6.58. The molecule has 0 aliphatic rings. The Hall–Kier alpha value is -14.8. The molecule has 0 atom stereocenters. The fourth-order valence-electron chi connectivity index (χ4n) is 17.8. The van der Waals surface area contributed by atoms with Crippen LogP contribution in [0.3, 0.4) is 0 Å². The van der Waals surface area contributed by atoms with Crippen molar-refractivity contribution in [1.82, 2.24) is 0 Å². The minimum Gasteiger partial charge on any atom is -0.456 e. The van der Waals surface area contributed by atoms with Crippen LogP contribution in [0.5, 0.6) is 0 Å². The van der Waals surface area contributed by atoms with E-state index in [1.165, 1.54) is 43.3 Å². The molecular formula is C108H68N2O2. The van der Waals surface area contributed by atoms with Gasteiger partial charge in [0.05, 0.1) is 11.4 Å². The molecule has 22 rings (SSSR count). The van der Waals surface area contributed by atoms with Gasteiger partial charge in [-0.2, -0.15) is 0 Å². The van der Waals surface area contributed by atoms with E-state index in [1.807, 2.05) is 12.1 Å². The third-order valence-electron chi connectivity index (χ3n) is 23.0. The Balaban J connectivity index is 0.706. The Morgan fingerprint density at radius 1 is 0.152 bits per heavy atom. The minimum absolute atomic E-state index is 0.846. The Morgan fingerprint density at radius 2 is 0.518 bits per heavy atom. The highest BCUT2D eigenvalue weighted by molar-refractivity contribution is 6.26. The maximum Gasteiger partial charge on any atom is 0.135 e. The van der Waals surface area contributed by atoms with E-state index < -0.39 is 0 Å². The van der Waals surface area contributed by atoms with E-state index in [4.69, 9.17) is 8.83 Å². The van der Waals surface area contributed by atoms with E-state index in [0.29, 0.717) is 0 Å². The van der Waals surface area contributed by atoms with Crippen LogP contribution < -0.4 is 9.80 Å². The molecule has 0 fully saturated rings. The quantitative estimate of drug-likeness (QED) is 0.108. The summed E-state index contributed by atoms with van der Waals surface area (Å²) in [6.45, 7) is 0. The van der Waals surface area contributed by atoms with Crippen molar-refractivity contribution < 1.29 is 8.83 Å². The lowest BCUT2D eigenvalue weighted by Crippen LogP contribution is -2.13. The van der Waals surface area contributed by atoms with Crippen LogP contribution in [0.25, 0.3) is 186 Å². The number of hydrogen-bond acceptors (Lipinski definition) is 4. The number of para-hydroxylation sites is 2. The number of furan rings is 2. The third kappa shape index (κ3) is 10.7. The molecule has 20 aromatic carbocycles. The van der Waals surface area contributed by atoms with Crippen LogP contribution in [0.2, 0.25) is 0 Å². The molecule has 522 valence electrons. The molecule has 0 aliphatic carbocycles. The molecule has 0 bridgehead atoms. The summed E-state index contributed by atoms with van der Waals surface area (Å²) in [6.07, 6.45) is 0. The van der Waals surface area contributed by atoms with Crippen molar-refractivity contribution in [3.63, 3.8) is 0 Å². The Labute approximate surface area is 647 Å². The molecule has 0 unspecified atom stereocenters. The molecule has 0 N–H and O–H groups in total. The fourth-order valence-corrected chi connectivity index (χ4v) is 17.8. The van der Waals surface area contributed by atoms with Gasteiger partial charge in [0.15, 0.2) is 0 Å². The fraction of sp³-hybridized carbons (Fsp3) is 0. The predicted molar refractivity (Wildman–Crippen MR) is 473 cm³/mol. The molecule has 2 aromatic heterocycles. The van der Waals surface area contributed by atoms with E-state index in [9.17, 15) is 0 Å². The average Bonchev–Trinajstić information content (AvgIpc) is 0.807. The van der Waals surface area contributed by atoms with Gasteiger partial charge in [-0.25, -0.2) is 0 Å². The van der Waals surface area contributed by atoms with Crippen LogP contribution in [0.4, 0.5) is 34.1 Å². The molecule has 0 saturated heterocycles. The first kappa shape index (κ1) is 64.3. The Morgan fingerprint density at radius 3 is 1.11 bits per heavy atom. The molecule has 0 amide bonds. The average molecular weight is 1430 g/mol. The number of rotatable bonds is 13. The van der Waals surface area contributed by atoms with Gasteiger partial charge in [-0.15, -0.1) is 0 Å². The molecule has 2 heterocycles. The van der Waals surface area contributed by atoms with Gasteiger partial charge in [-0.3, -0.25) is 0 Å². The van der Waals surface area contributed by atoms with Gasteiger partial charge in [0.25, 0.3) is 0 Å². The largest absolute Gasteiger partial charge is 0.456 e. The lowest BCUT2D eigenvalue weighted by molar-refractivity contribution is 0.668. The van der Waals surface area contributed by atoms with Crippen LogP contribution >= 0.6 is 0 Å². The van der Waals surface area contributed by atoms with Crippen LogP contribution in [-0.2, 0) is 0 Å². The Bertz CT molecular complexity index is 7500. The SMILES string of the molecule is c1ccc(-c2ccc(N(c3ccc4oc5ccccc5c4c3)c3c(-c4cccc5cc(-c6ccc(-c7ccc(N(c8ccc9oc%10ccccc%10c9c8)c8c(-c9ccc%10ccccc%10c9)c9ccccc9c9ccccc89)cc7)c(-c7ccccc7)c6)ccc45)c4ccccc4c4ccccc34)cc2-c2ccccc2)cc1. The zero-order chi connectivity index (χ0) is 73.7. The maximum absolute atomic E-state index is 6.58. The summed E-state index contributed by atoms with van der Waals surface area (Å²) in [5.41, 5.74) is 25.7. The number of hydrogen-bond donors (Lipinski definition) is 0. The third-order valence-corrected chi connectivity index (χ3v) is 23.0. The van der Waals surface area contributed by atoms with E-state index in [1.54, 1.807) is 0 Å². The summed E-state index contributed by atoms with van der Waals surface area (Å²) in [7, 11) is 0. The van der Waals surface area contributed by atoms with E-state index in [2.05, 4.69) is 410 Å². The molecule has 112 heavy (non-hydrogen) atoms. The summed E-state index contributed by atoms with van der Waals surface area (Å²) in [4.78, 5) is 5.01. The van der Waals surface area contributed by atoms with Gasteiger partial charge in [0.1, 0.15) is 22.3 Å². The predicted octanol–water partition coefficient (Wildman–Crippen LogP) is 31.0. The van der Waals surface area contributed by atoms with Crippen molar-refractivity contribution in [2.24, 2.45) is 0 Å². The number of benzene rings is 20. The summed E-state index contributed by atoms with van der Waals surface area (Å²) in [6, 6.07) is 151. The zero-order valence-corrected chi connectivity index (χ0v) is 61.0. The first-order valence-electron chi connectivity index (χ1n) is 38.4. The first-order chi connectivity index (χ1) is 55.5. The van der Waals surface area contributed by atoms with Crippen molar-refractivity contribution in [3.8, 4) is 77.9 Å². The first-order valence-corrected chi connectivity index (χ1v) is 38.4. The summed E-state index contributed by atoms with van der Waals surface area (Å²) in [5.74, 6) is 0. The standard InChI is InChI=1S/C108H68N2O2/c1-4-26-70(27-5-1)84-60-55-80(66-98(84)72-30-8-3-9-31-72)110(82-57-62-104-100(68-82)91-39-21-23-46-102(91)112-104)108-96-43-19-15-37-89(96)87-35-13-17-41-94(87)106(108)92-44-24-33-77-63-75(51-59-85(77)92)76-52-58-83(97(65-76)71-28-6-2-7-29-71)73-49-53-79(54-50-73)109(81-56-61-103-99(67-81)90-38-20-22-45-101(90)111-103)107-95-42-18-14-36-88(95)86-34-12-16-40-93(86)105(107)78-48-47-69-25-10-11-32-74(69)64-78/h1-68H. The van der Waals surface area contributed by atoms with Crippen molar-refractivity contribution in [2.75, 3.05) is 9.80 Å². The van der Waals surface area contributed by atoms with E-state index >= 15 is 0 Å². The van der Waals surface area contributed by atoms with Gasteiger partial charge in [0, 0.05) is 66.2 Å². The molecule has 0 saturated carbocycles. The highest BCUT2D eigenvalue weighted by Crippen LogP contribution is 2.55. The van der Waals surface area contributed by atoms with Crippen LogP contribution in [0.1, 0.15) is 0 Å². The van der Waals surface area contributed by atoms with Crippen LogP contribution in [0.15, 0.2) is 421 Å². The second-order valence-corrected chi connectivity index (χ2v) is 29.3. The molecule has 4 nitrogen and oxygen atoms in total. The van der Waals surface area contributed by atoms with Gasteiger partial charge in [-0.05, 0) is 212 Å². The topological polar surface area (TPSA) is 32.8 Å². The van der Waals surface area contributed by atoms with Crippen molar-refractivity contribution in [3.05, 3.63) is 413 Å². The molecule has 0 aliphatic heterocycles. The molecule has 0 radical (unpaired) electrons. The summed E-state index contributed by atoms with van der Waals surface area (Å²) in [5, 5.41) is 18.4. The smallest absolute Gasteiger partial charge is 0.135 e. The number of nitrogens with zero attached hydrogens (tertiary/aromatic N) is 2. The number of anilines is 6. The van der Waals surface area contributed by atoms with Gasteiger partial charge in [0.2, 0.25) is 0 Å². The summed E-state index contributed by atoms with van der Waals surface area (Å²) < 4.78 is 13.1. The van der Waals surface area contributed by atoms with Crippen molar-refractivity contribution >= 4 is 143 Å². The van der Waals surface area contributed by atoms with Gasteiger partial charge in [-0.1, -0.05) is 322 Å². The highest BCUT2D eigenvalue weighted by Gasteiger charge is 2.29.